The van der Waals surface area contributed by atoms with E-state index in [1.807, 2.05) is 19.2 Å². The molecular weight excluding hydrogens is 218 g/mol. The minimum Gasteiger partial charge on any atom is -0.383 e. The van der Waals surface area contributed by atoms with Gasteiger partial charge in [0.2, 0.25) is 0 Å². The van der Waals surface area contributed by atoms with Gasteiger partial charge in [0.25, 0.3) is 0 Å². The van der Waals surface area contributed by atoms with E-state index in [4.69, 9.17) is 11.6 Å². The molecule has 14 heavy (non-hydrogen) atoms. The lowest BCUT2D eigenvalue weighted by Gasteiger charge is -2.26. The molecule has 1 unspecified atom stereocenters. The SMILES string of the molecule is CNCC(O)(c1ccc(Cl)s1)C1CC1. The highest BCUT2D eigenvalue weighted by Gasteiger charge is 2.45. The van der Waals surface area contributed by atoms with Gasteiger partial charge in [-0.1, -0.05) is 11.6 Å². The summed E-state index contributed by atoms with van der Waals surface area (Å²) in [5, 5.41) is 13.6. The summed E-state index contributed by atoms with van der Waals surface area (Å²) < 4.78 is 0.746. The molecule has 78 valence electrons. The summed E-state index contributed by atoms with van der Waals surface area (Å²) in [5.74, 6) is 0.407. The maximum absolute atomic E-state index is 10.5. The molecule has 0 amide bonds. The monoisotopic (exact) mass is 231 g/mol. The third-order valence-corrected chi connectivity index (χ3v) is 4.10. The van der Waals surface area contributed by atoms with Gasteiger partial charge in [-0.25, -0.2) is 0 Å². The van der Waals surface area contributed by atoms with E-state index in [0.29, 0.717) is 12.5 Å². The van der Waals surface area contributed by atoms with Gasteiger partial charge in [0.05, 0.1) is 4.34 Å². The van der Waals surface area contributed by atoms with Crippen LogP contribution in [0.25, 0.3) is 0 Å². The van der Waals surface area contributed by atoms with E-state index in [-0.39, 0.29) is 0 Å². The van der Waals surface area contributed by atoms with Crippen molar-refractivity contribution in [2.24, 2.45) is 5.92 Å². The van der Waals surface area contributed by atoms with E-state index < -0.39 is 5.60 Å². The van der Waals surface area contributed by atoms with Crippen molar-refractivity contribution in [1.29, 1.82) is 0 Å². The van der Waals surface area contributed by atoms with Crippen LogP contribution in [0.4, 0.5) is 0 Å². The average molecular weight is 232 g/mol. The van der Waals surface area contributed by atoms with E-state index >= 15 is 0 Å². The maximum Gasteiger partial charge on any atom is 0.114 e. The van der Waals surface area contributed by atoms with Crippen LogP contribution in [0.3, 0.4) is 0 Å². The van der Waals surface area contributed by atoms with Gasteiger partial charge >= 0.3 is 0 Å². The van der Waals surface area contributed by atoms with Gasteiger partial charge in [-0.15, -0.1) is 11.3 Å². The summed E-state index contributed by atoms with van der Waals surface area (Å²) in [6.45, 7) is 0.606. The molecule has 1 aliphatic carbocycles. The molecule has 1 aromatic heterocycles. The summed E-state index contributed by atoms with van der Waals surface area (Å²) in [6, 6.07) is 3.78. The van der Waals surface area contributed by atoms with E-state index in [1.165, 1.54) is 11.3 Å². The van der Waals surface area contributed by atoms with Crippen molar-refractivity contribution in [1.82, 2.24) is 5.32 Å². The molecule has 2 nitrogen and oxygen atoms in total. The van der Waals surface area contributed by atoms with Crippen LogP contribution in [0.2, 0.25) is 4.34 Å². The zero-order valence-corrected chi connectivity index (χ0v) is 9.66. The molecule has 2 N–H and O–H groups in total. The highest BCUT2D eigenvalue weighted by atomic mass is 35.5. The maximum atomic E-state index is 10.5. The van der Waals surface area contributed by atoms with Crippen LogP contribution >= 0.6 is 22.9 Å². The summed E-state index contributed by atoms with van der Waals surface area (Å²) >= 11 is 7.36. The van der Waals surface area contributed by atoms with Gasteiger partial charge in [0.1, 0.15) is 5.60 Å². The van der Waals surface area contributed by atoms with Crippen molar-refractivity contribution in [2.45, 2.75) is 18.4 Å². The highest BCUT2D eigenvalue weighted by molar-refractivity contribution is 7.16. The van der Waals surface area contributed by atoms with Gasteiger partial charge in [-0.05, 0) is 37.9 Å². The quantitative estimate of drug-likeness (QED) is 0.833. The lowest BCUT2D eigenvalue weighted by atomic mass is 9.96. The Kier molecular flexibility index (Phi) is 2.84. The Morgan fingerprint density at radius 1 is 1.64 bits per heavy atom. The standard InChI is InChI=1S/C10H14ClNOS/c1-12-6-10(13,7-2-3-7)8-4-5-9(11)14-8/h4-5,7,12-13H,2-3,6H2,1H3. The Hall–Kier alpha value is -0.0900. The summed E-state index contributed by atoms with van der Waals surface area (Å²) in [5.41, 5.74) is -0.702. The normalized spacial score (nSPS) is 20.8. The van der Waals surface area contributed by atoms with Crippen molar-refractivity contribution in [3.8, 4) is 0 Å². The number of hydrogen-bond acceptors (Lipinski definition) is 3. The number of thiophene rings is 1. The third-order valence-electron chi connectivity index (χ3n) is 2.70. The fourth-order valence-electron chi connectivity index (χ4n) is 1.81. The molecule has 0 spiro atoms. The average Bonchev–Trinajstić information content (AvgIpc) is 2.90. The van der Waals surface area contributed by atoms with E-state index in [1.54, 1.807) is 0 Å². The molecule has 0 aliphatic heterocycles. The molecule has 1 aromatic rings. The number of hydrogen-bond donors (Lipinski definition) is 2. The molecule has 1 saturated carbocycles. The minimum atomic E-state index is -0.702. The minimum absolute atomic E-state index is 0.407. The summed E-state index contributed by atoms with van der Waals surface area (Å²) in [4.78, 5) is 0.986. The van der Waals surface area contributed by atoms with Gasteiger partial charge < -0.3 is 10.4 Å². The summed E-state index contributed by atoms with van der Waals surface area (Å²) in [6.07, 6.45) is 2.24. The molecule has 1 aliphatic rings. The van der Waals surface area contributed by atoms with Gasteiger partial charge in [-0.2, -0.15) is 0 Å². The zero-order valence-electron chi connectivity index (χ0n) is 8.09. The van der Waals surface area contributed by atoms with Crippen molar-refractivity contribution < 1.29 is 5.11 Å². The Morgan fingerprint density at radius 2 is 2.36 bits per heavy atom. The van der Waals surface area contributed by atoms with E-state index in [9.17, 15) is 5.11 Å². The number of likely N-dealkylation sites (N-methyl/N-ethyl adjacent to an activating group) is 1. The van der Waals surface area contributed by atoms with Crippen molar-refractivity contribution >= 4 is 22.9 Å². The van der Waals surface area contributed by atoms with Crippen molar-refractivity contribution in [3.63, 3.8) is 0 Å². The van der Waals surface area contributed by atoms with Crippen LogP contribution in [0, 0.1) is 5.92 Å². The van der Waals surface area contributed by atoms with Crippen LogP contribution in [-0.4, -0.2) is 18.7 Å². The first kappa shape index (κ1) is 10.4. The zero-order chi connectivity index (χ0) is 10.2. The van der Waals surface area contributed by atoms with E-state index in [2.05, 4.69) is 5.32 Å². The molecule has 1 heterocycles. The first-order chi connectivity index (χ1) is 6.66. The fourth-order valence-corrected chi connectivity index (χ4v) is 3.02. The Morgan fingerprint density at radius 3 is 2.79 bits per heavy atom. The number of rotatable bonds is 4. The smallest absolute Gasteiger partial charge is 0.114 e. The van der Waals surface area contributed by atoms with Crippen LogP contribution in [-0.2, 0) is 5.60 Å². The first-order valence-corrected chi connectivity index (χ1v) is 5.99. The Labute approximate surface area is 92.9 Å². The number of halogens is 1. The Bertz CT molecular complexity index is 324. The van der Waals surface area contributed by atoms with Crippen LogP contribution in [0.15, 0.2) is 12.1 Å². The summed E-state index contributed by atoms with van der Waals surface area (Å²) in [7, 11) is 1.86. The molecule has 0 saturated heterocycles. The predicted octanol–water partition coefficient (Wildman–Crippen LogP) is 2.22. The van der Waals surface area contributed by atoms with Gasteiger partial charge in [0, 0.05) is 11.4 Å². The second-order valence-corrected chi connectivity index (χ2v) is 5.55. The fraction of sp³-hybridized carbons (Fsp3) is 0.600. The second kappa shape index (κ2) is 3.81. The molecule has 1 atom stereocenters. The second-order valence-electron chi connectivity index (χ2n) is 3.83. The Balaban J connectivity index is 2.25. The van der Waals surface area contributed by atoms with E-state index in [0.717, 1.165) is 22.1 Å². The van der Waals surface area contributed by atoms with Crippen LogP contribution < -0.4 is 5.32 Å². The van der Waals surface area contributed by atoms with Gasteiger partial charge in [-0.3, -0.25) is 0 Å². The molecule has 0 aromatic carbocycles. The lowest BCUT2D eigenvalue weighted by molar-refractivity contribution is 0.0189. The van der Waals surface area contributed by atoms with Crippen LogP contribution in [0.1, 0.15) is 17.7 Å². The predicted molar refractivity (Wildman–Crippen MR) is 59.9 cm³/mol. The van der Waals surface area contributed by atoms with Crippen LogP contribution in [0.5, 0.6) is 0 Å². The highest BCUT2D eigenvalue weighted by Crippen LogP contribution is 2.47. The molecule has 1 fully saturated rings. The van der Waals surface area contributed by atoms with Crippen molar-refractivity contribution in [3.05, 3.63) is 21.3 Å². The molecule has 2 rings (SSSR count). The molecule has 4 heteroatoms. The molecule has 0 radical (unpaired) electrons. The van der Waals surface area contributed by atoms with Crippen molar-refractivity contribution in [2.75, 3.05) is 13.6 Å². The lowest BCUT2D eigenvalue weighted by Crippen LogP contribution is -2.37. The number of nitrogens with one attached hydrogen (secondary N) is 1. The topological polar surface area (TPSA) is 32.3 Å². The molecular formula is C10H14ClNOS. The first-order valence-electron chi connectivity index (χ1n) is 4.79. The molecule has 0 bridgehead atoms. The number of aliphatic hydroxyl groups is 1. The third kappa shape index (κ3) is 1.82. The van der Waals surface area contributed by atoms with Gasteiger partial charge in [0.15, 0.2) is 0 Å². The largest absolute Gasteiger partial charge is 0.383 e.